The number of thiazole rings is 1. The second kappa shape index (κ2) is 5.30. The van der Waals surface area contributed by atoms with E-state index in [9.17, 15) is 0 Å². The molecule has 98 valence electrons. The van der Waals surface area contributed by atoms with Crippen LogP contribution in [-0.2, 0) is 0 Å². The second-order valence-electron chi connectivity index (χ2n) is 3.54. The van der Waals surface area contributed by atoms with Crippen molar-refractivity contribution in [2.45, 2.75) is 6.92 Å². The number of nitrogens with one attached hydrogen (secondary N) is 1. The van der Waals surface area contributed by atoms with Gasteiger partial charge in [-0.2, -0.15) is 0 Å². The zero-order valence-corrected chi connectivity index (χ0v) is 11.7. The Hall–Kier alpha value is -1.69. The fraction of sp³-hybridized carbons (Fsp3) is 0.417. The van der Waals surface area contributed by atoms with Crippen LogP contribution in [0, 0.1) is 0 Å². The van der Waals surface area contributed by atoms with Gasteiger partial charge in [-0.25, -0.2) is 4.98 Å². The summed E-state index contributed by atoms with van der Waals surface area (Å²) in [7, 11) is 4.79. The highest BCUT2D eigenvalue weighted by atomic mass is 32.1. The Bertz CT molecular complexity index is 554. The van der Waals surface area contributed by atoms with Crippen LogP contribution in [-0.4, -0.2) is 32.9 Å². The number of ether oxygens (including phenoxy) is 3. The molecule has 0 unspecified atom stereocenters. The molecular formula is C12H16N2O3S. The minimum atomic E-state index is 0.570. The van der Waals surface area contributed by atoms with Gasteiger partial charge in [-0.3, -0.25) is 0 Å². The summed E-state index contributed by atoms with van der Waals surface area (Å²) in [5.41, 5.74) is 0.788. The third-order valence-corrected chi connectivity index (χ3v) is 3.48. The highest BCUT2D eigenvalue weighted by molar-refractivity contribution is 7.22. The van der Waals surface area contributed by atoms with E-state index in [1.165, 1.54) is 0 Å². The van der Waals surface area contributed by atoms with E-state index in [1.54, 1.807) is 32.7 Å². The molecule has 0 fully saturated rings. The van der Waals surface area contributed by atoms with Crippen LogP contribution >= 0.6 is 11.3 Å². The SMILES string of the molecule is CCNc1nc2c(OC)c(OC)c(OC)cc2s1. The molecule has 0 aliphatic carbocycles. The summed E-state index contributed by atoms with van der Waals surface area (Å²) in [4.78, 5) is 4.50. The van der Waals surface area contributed by atoms with Gasteiger partial charge in [0.15, 0.2) is 16.6 Å². The average molecular weight is 268 g/mol. The number of fused-ring (bicyclic) bond motifs is 1. The number of nitrogens with zero attached hydrogens (tertiary/aromatic N) is 1. The van der Waals surface area contributed by atoms with E-state index in [2.05, 4.69) is 10.3 Å². The standard InChI is InChI=1S/C12H16N2O3S/c1-5-13-12-14-9-8(18-12)6-7(15-2)10(16-3)11(9)17-4/h6H,5H2,1-4H3,(H,13,14). The normalized spacial score (nSPS) is 10.4. The molecule has 6 heteroatoms. The Kier molecular flexibility index (Phi) is 3.76. The predicted octanol–water partition coefficient (Wildman–Crippen LogP) is 2.75. The van der Waals surface area contributed by atoms with Gasteiger partial charge < -0.3 is 19.5 Å². The van der Waals surface area contributed by atoms with Crippen LogP contribution in [0.2, 0.25) is 0 Å². The van der Waals surface area contributed by atoms with E-state index in [4.69, 9.17) is 14.2 Å². The molecule has 0 saturated heterocycles. The molecule has 0 atom stereocenters. The van der Waals surface area contributed by atoms with Gasteiger partial charge in [0.05, 0.1) is 26.0 Å². The van der Waals surface area contributed by atoms with E-state index in [0.717, 1.165) is 21.9 Å². The van der Waals surface area contributed by atoms with Crippen LogP contribution in [0.5, 0.6) is 17.2 Å². The molecule has 0 spiro atoms. The minimum Gasteiger partial charge on any atom is -0.493 e. The zero-order chi connectivity index (χ0) is 13.1. The Morgan fingerprint density at radius 2 is 1.89 bits per heavy atom. The molecule has 1 heterocycles. The Morgan fingerprint density at radius 1 is 1.17 bits per heavy atom. The molecule has 0 amide bonds. The lowest BCUT2D eigenvalue weighted by Crippen LogP contribution is -1.96. The number of aromatic nitrogens is 1. The maximum Gasteiger partial charge on any atom is 0.205 e. The van der Waals surface area contributed by atoms with Crippen LogP contribution in [0.4, 0.5) is 5.13 Å². The molecule has 0 saturated carbocycles. The van der Waals surface area contributed by atoms with Crippen LogP contribution in [0.1, 0.15) is 6.92 Å². The highest BCUT2D eigenvalue weighted by Crippen LogP contribution is 2.45. The lowest BCUT2D eigenvalue weighted by atomic mass is 10.2. The molecule has 0 aliphatic rings. The highest BCUT2D eigenvalue weighted by Gasteiger charge is 2.19. The van der Waals surface area contributed by atoms with Gasteiger partial charge in [-0.1, -0.05) is 11.3 Å². The van der Waals surface area contributed by atoms with Crippen molar-refractivity contribution in [1.82, 2.24) is 4.98 Å². The lowest BCUT2D eigenvalue weighted by molar-refractivity contribution is 0.327. The van der Waals surface area contributed by atoms with Crippen LogP contribution in [0.25, 0.3) is 10.2 Å². The van der Waals surface area contributed by atoms with Gasteiger partial charge in [0.2, 0.25) is 5.75 Å². The first-order valence-corrected chi connectivity index (χ1v) is 6.40. The van der Waals surface area contributed by atoms with Gasteiger partial charge in [-0.05, 0) is 6.92 Å². The van der Waals surface area contributed by atoms with Crippen LogP contribution in [0.15, 0.2) is 6.07 Å². The molecular weight excluding hydrogens is 252 g/mol. The minimum absolute atomic E-state index is 0.570. The number of benzene rings is 1. The van der Waals surface area contributed by atoms with E-state index in [-0.39, 0.29) is 0 Å². The van der Waals surface area contributed by atoms with E-state index in [1.807, 2.05) is 13.0 Å². The Morgan fingerprint density at radius 3 is 2.44 bits per heavy atom. The first-order chi connectivity index (χ1) is 8.74. The monoisotopic (exact) mass is 268 g/mol. The van der Waals surface area contributed by atoms with Gasteiger partial charge >= 0.3 is 0 Å². The summed E-state index contributed by atoms with van der Waals surface area (Å²) in [6.07, 6.45) is 0. The summed E-state index contributed by atoms with van der Waals surface area (Å²) in [6.45, 7) is 2.86. The quantitative estimate of drug-likeness (QED) is 0.903. The van der Waals surface area contributed by atoms with Crippen molar-refractivity contribution >= 4 is 26.7 Å². The predicted molar refractivity (Wildman–Crippen MR) is 73.4 cm³/mol. The Labute approximate surface area is 110 Å². The van der Waals surface area contributed by atoms with Crippen molar-refractivity contribution in [1.29, 1.82) is 0 Å². The van der Waals surface area contributed by atoms with Gasteiger partial charge in [-0.15, -0.1) is 0 Å². The number of rotatable bonds is 5. The molecule has 5 nitrogen and oxygen atoms in total. The number of anilines is 1. The number of hydrogen-bond donors (Lipinski definition) is 1. The fourth-order valence-corrected chi connectivity index (χ4v) is 2.72. The van der Waals surface area contributed by atoms with Crippen molar-refractivity contribution in [3.05, 3.63) is 6.07 Å². The summed E-state index contributed by atoms with van der Waals surface area (Å²) < 4.78 is 17.0. The lowest BCUT2D eigenvalue weighted by Gasteiger charge is -2.11. The maximum absolute atomic E-state index is 5.39. The van der Waals surface area contributed by atoms with Crippen LogP contribution in [0.3, 0.4) is 0 Å². The molecule has 2 aromatic rings. The smallest absolute Gasteiger partial charge is 0.205 e. The summed E-state index contributed by atoms with van der Waals surface area (Å²) in [5, 5.41) is 4.06. The third-order valence-electron chi connectivity index (χ3n) is 2.52. The summed E-state index contributed by atoms with van der Waals surface area (Å²) in [6, 6.07) is 1.91. The summed E-state index contributed by atoms with van der Waals surface area (Å²) in [5.74, 6) is 1.82. The van der Waals surface area contributed by atoms with E-state index in [0.29, 0.717) is 17.2 Å². The van der Waals surface area contributed by atoms with Crippen molar-refractivity contribution in [3.8, 4) is 17.2 Å². The van der Waals surface area contributed by atoms with Gasteiger partial charge in [0.1, 0.15) is 5.52 Å². The molecule has 0 aliphatic heterocycles. The largest absolute Gasteiger partial charge is 0.493 e. The molecule has 1 aromatic carbocycles. The number of hydrogen-bond acceptors (Lipinski definition) is 6. The van der Waals surface area contributed by atoms with Gasteiger partial charge in [0, 0.05) is 12.6 Å². The molecule has 1 N–H and O–H groups in total. The van der Waals surface area contributed by atoms with Crippen molar-refractivity contribution in [3.63, 3.8) is 0 Å². The zero-order valence-electron chi connectivity index (χ0n) is 10.9. The molecule has 0 bridgehead atoms. The van der Waals surface area contributed by atoms with Gasteiger partial charge in [0.25, 0.3) is 0 Å². The number of methoxy groups -OCH3 is 3. The molecule has 2 rings (SSSR count). The Balaban J connectivity index is 2.67. The van der Waals surface area contributed by atoms with Crippen molar-refractivity contribution in [2.24, 2.45) is 0 Å². The average Bonchev–Trinajstić information content (AvgIpc) is 2.78. The summed E-state index contributed by atoms with van der Waals surface area (Å²) >= 11 is 1.56. The molecule has 1 aromatic heterocycles. The topological polar surface area (TPSA) is 52.6 Å². The first kappa shape index (κ1) is 12.8. The first-order valence-electron chi connectivity index (χ1n) is 5.58. The second-order valence-corrected chi connectivity index (χ2v) is 4.57. The fourth-order valence-electron chi connectivity index (χ4n) is 1.76. The van der Waals surface area contributed by atoms with E-state index >= 15 is 0 Å². The maximum atomic E-state index is 5.39. The van der Waals surface area contributed by atoms with Crippen LogP contribution < -0.4 is 19.5 Å². The van der Waals surface area contributed by atoms with E-state index < -0.39 is 0 Å². The molecule has 0 radical (unpaired) electrons. The third kappa shape index (κ3) is 2.03. The molecule has 18 heavy (non-hydrogen) atoms. The van der Waals surface area contributed by atoms with Crippen molar-refractivity contribution < 1.29 is 14.2 Å². The van der Waals surface area contributed by atoms with Crippen molar-refractivity contribution in [2.75, 3.05) is 33.2 Å².